The zero-order valence-corrected chi connectivity index (χ0v) is 10.1. The van der Waals surface area contributed by atoms with E-state index in [1.165, 1.54) is 19.2 Å². The molecule has 0 aliphatic carbocycles. The Morgan fingerprint density at radius 3 is 2.82 bits per heavy atom. The summed E-state index contributed by atoms with van der Waals surface area (Å²) in [6.45, 7) is 6.48. The van der Waals surface area contributed by atoms with Gasteiger partial charge < -0.3 is 14.7 Å². The zero-order valence-electron chi connectivity index (χ0n) is 10.1. The first-order chi connectivity index (χ1) is 8.13. The summed E-state index contributed by atoms with van der Waals surface area (Å²) >= 11 is 0. The summed E-state index contributed by atoms with van der Waals surface area (Å²) in [7, 11) is 1.52. The molecule has 0 unspecified atom stereocenters. The van der Waals surface area contributed by atoms with Crippen molar-refractivity contribution in [2.24, 2.45) is 0 Å². The van der Waals surface area contributed by atoms with Crippen LogP contribution in [-0.2, 0) is 0 Å². The highest BCUT2D eigenvalue weighted by Gasteiger charge is 2.17. The number of hydrogen-bond acceptors (Lipinski definition) is 3. The van der Waals surface area contributed by atoms with Crippen LogP contribution in [0.25, 0.3) is 0 Å². The number of hydrogen-bond donors (Lipinski definition) is 1. The minimum atomic E-state index is -0.233. The summed E-state index contributed by atoms with van der Waals surface area (Å²) in [5.74, 6) is 0.267. The summed E-state index contributed by atoms with van der Waals surface area (Å²) in [4.78, 5) is 13.7. The van der Waals surface area contributed by atoms with Crippen molar-refractivity contribution in [3.63, 3.8) is 0 Å². The first-order valence-electron chi connectivity index (χ1n) is 5.41. The quantitative estimate of drug-likeness (QED) is 0.795. The fraction of sp³-hybridized carbons (Fsp3) is 0.308. The lowest BCUT2D eigenvalue weighted by atomic mass is 10.1. The van der Waals surface area contributed by atoms with Gasteiger partial charge in [-0.05, 0) is 25.1 Å². The molecular formula is C13H17NO3. The lowest BCUT2D eigenvalue weighted by molar-refractivity contribution is 0.0778. The van der Waals surface area contributed by atoms with Gasteiger partial charge in [0.1, 0.15) is 11.5 Å². The molecule has 1 rings (SSSR count). The normalized spacial score (nSPS) is 9.76. The van der Waals surface area contributed by atoms with Gasteiger partial charge in [-0.2, -0.15) is 0 Å². The lowest BCUT2D eigenvalue weighted by Crippen LogP contribution is -2.30. The Balaban J connectivity index is 3.04. The molecule has 1 aromatic carbocycles. The highest BCUT2D eigenvalue weighted by molar-refractivity contribution is 5.97. The molecule has 0 heterocycles. The Bertz CT molecular complexity index is 415. The van der Waals surface area contributed by atoms with E-state index in [4.69, 9.17) is 4.74 Å². The molecule has 17 heavy (non-hydrogen) atoms. The summed E-state index contributed by atoms with van der Waals surface area (Å²) in [6, 6.07) is 4.59. The SMILES string of the molecule is C=CCN(CC)C(=O)c1cc(OC)ccc1O. The number of carbonyl (C=O) groups excluding carboxylic acids is 1. The van der Waals surface area contributed by atoms with Gasteiger partial charge in [-0.25, -0.2) is 0 Å². The van der Waals surface area contributed by atoms with Crippen molar-refractivity contribution in [3.8, 4) is 11.5 Å². The number of benzene rings is 1. The third-order valence-corrected chi connectivity index (χ3v) is 2.45. The van der Waals surface area contributed by atoms with Gasteiger partial charge in [0.15, 0.2) is 0 Å². The molecule has 4 heteroatoms. The predicted octanol–water partition coefficient (Wildman–Crippen LogP) is 2.05. The Morgan fingerprint density at radius 1 is 1.59 bits per heavy atom. The molecule has 4 nitrogen and oxygen atoms in total. The van der Waals surface area contributed by atoms with Crippen molar-refractivity contribution >= 4 is 5.91 Å². The van der Waals surface area contributed by atoms with Crippen LogP contribution in [0.3, 0.4) is 0 Å². The number of amides is 1. The fourth-order valence-electron chi connectivity index (χ4n) is 1.50. The Morgan fingerprint density at radius 2 is 2.29 bits per heavy atom. The van der Waals surface area contributed by atoms with Crippen molar-refractivity contribution in [2.75, 3.05) is 20.2 Å². The molecule has 0 spiro atoms. The van der Waals surface area contributed by atoms with Gasteiger partial charge in [0.05, 0.1) is 12.7 Å². The molecular weight excluding hydrogens is 218 g/mol. The monoisotopic (exact) mass is 235 g/mol. The fourth-order valence-corrected chi connectivity index (χ4v) is 1.50. The Labute approximate surface area is 101 Å². The van der Waals surface area contributed by atoms with Crippen LogP contribution in [-0.4, -0.2) is 36.1 Å². The van der Waals surface area contributed by atoms with Crippen LogP contribution in [0.15, 0.2) is 30.9 Å². The third-order valence-electron chi connectivity index (χ3n) is 2.45. The summed E-state index contributed by atoms with van der Waals surface area (Å²) in [5.41, 5.74) is 0.244. The molecule has 0 bridgehead atoms. The van der Waals surface area contributed by atoms with E-state index in [0.29, 0.717) is 18.8 Å². The van der Waals surface area contributed by atoms with Crippen molar-refractivity contribution < 1.29 is 14.6 Å². The molecule has 92 valence electrons. The van der Waals surface area contributed by atoms with Crippen LogP contribution < -0.4 is 4.74 Å². The van der Waals surface area contributed by atoms with Crippen LogP contribution >= 0.6 is 0 Å². The summed E-state index contributed by atoms with van der Waals surface area (Å²) < 4.78 is 5.03. The molecule has 0 aliphatic rings. The predicted molar refractivity (Wildman–Crippen MR) is 66.4 cm³/mol. The molecule has 0 fully saturated rings. The molecule has 1 aromatic rings. The van der Waals surface area contributed by atoms with Gasteiger partial charge in [0.2, 0.25) is 0 Å². The van der Waals surface area contributed by atoms with E-state index in [-0.39, 0.29) is 17.2 Å². The molecule has 1 N–H and O–H groups in total. The second-order valence-electron chi connectivity index (χ2n) is 3.52. The van der Waals surface area contributed by atoms with E-state index in [0.717, 1.165) is 0 Å². The number of phenols is 1. The molecule has 0 saturated carbocycles. The first kappa shape index (κ1) is 13.1. The van der Waals surface area contributed by atoms with Crippen LogP contribution in [0.5, 0.6) is 11.5 Å². The number of ether oxygens (including phenoxy) is 1. The van der Waals surface area contributed by atoms with E-state index >= 15 is 0 Å². The Kier molecular flexibility index (Phi) is 4.57. The maximum atomic E-state index is 12.1. The number of aromatic hydroxyl groups is 1. The minimum Gasteiger partial charge on any atom is -0.507 e. The average Bonchev–Trinajstić information content (AvgIpc) is 2.35. The van der Waals surface area contributed by atoms with Gasteiger partial charge in [-0.3, -0.25) is 4.79 Å². The topological polar surface area (TPSA) is 49.8 Å². The van der Waals surface area contributed by atoms with Gasteiger partial charge >= 0.3 is 0 Å². The number of rotatable bonds is 5. The maximum Gasteiger partial charge on any atom is 0.258 e. The smallest absolute Gasteiger partial charge is 0.258 e. The minimum absolute atomic E-state index is 0.0432. The number of phenolic OH excluding ortho intramolecular Hbond substituents is 1. The van der Waals surface area contributed by atoms with Crippen molar-refractivity contribution in [1.82, 2.24) is 4.90 Å². The maximum absolute atomic E-state index is 12.1. The van der Waals surface area contributed by atoms with Gasteiger partial charge in [-0.15, -0.1) is 6.58 Å². The molecule has 0 aliphatic heterocycles. The van der Waals surface area contributed by atoms with Gasteiger partial charge in [0.25, 0.3) is 5.91 Å². The van der Waals surface area contributed by atoms with Gasteiger partial charge in [0, 0.05) is 13.1 Å². The van der Waals surface area contributed by atoms with Gasteiger partial charge in [-0.1, -0.05) is 6.08 Å². The standard InChI is InChI=1S/C13H17NO3/c1-4-8-14(5-2)13(16)11-9-10(17-3)6-7-12(11)15/h4,6-7,9,15H,1,5,8H2,2-3H3. The van der Waals surface area contributed by atoms with E-state index in [9.17, 15) is 9.90 Å². The highest BCUT2D eigenvalue weighted by atomic mass is 16.5. The van der Waals surface area contributed by atoms with E-state index < -0.39 is 0 Å². The number of likely N-dealkylation sites (N-methyl/N-ethyl adjacent to an activating group) is 1. The molecule has 0 radical (unpaired) electrons. The molecule has 0 atom stereocenters. The molecule has 0 saturated heterocycles. The number of carbonyl (C=O) groups is 1. The van der Waals surface area contributed by atoms with E-state index in [1.54, 1.807) is 17.0 Å². The van der Waals surface area contributed by atoms with E-state index in [2.05, 4.69) is 6.58 Å². The number of methoxy groups -OCH3 is 1. The largest absolute Gasteiger partial charge is 0.507 e. The molecule has 1 amide bonds. The average molecular weight is 235 g/mol. The highest BCUT2D eigenvalue weighted by Crippen LogP contribution is 2.24. The summed E-state index contributed by atoms with van der Waals surface area (Å²) in [6.07, 6.45) is 1.65. The second kappa shape index (κ2) is 5.94. The lowest BCUT2D eigenvalue weighted by Gasteiger charge is -2.19. The summed E-state index contributed by atoms with van der Waals surface area (Å²) in [5, 5.41) is 9.68. The zero-order chi connectivity index (χ0) is 12.8. The van der Waals surface area contributed by atoms with Crippen molar-refractivity contribution in [1.29, 1.82) is 0 Å². The van der Waals surface area contributed by atoms with Crippen LogP contribution in [0.4, 0.5) is 0 Å². The van der Waals surface area contributed by atoms with Crippen LogP contribution in [0.1, 0.15) is 17.3 Å². The van der Waals surface area contributed by atoms with E-state index in [1.807, 2.05) is 6.92 Å². The third kappa shape index (κ3) is 3.00. The van der Waals surface area contributed by atoms with Crippen LogP contribution in [0, 0.1) is 0 Å². The molecule has 0 aromatic heterocycles. The second-order valence-corrected chi connectivity index (χ2v) is 3.52. The number of nitrogens with zero attached hydrogens (tertiary/aromatic N) is 1. The van der Waals surface area contributed by atoms with Crippen LogP contribution in [0.2, 0.25) is 0 Å². The Hall–Kier alpha value is -1.97. The van der Waals surface area contributed by atoms with Crippen molar-refractivity contribution in [3.05, 3.63) is 36.4 Å². The first-order valence-corrected chi connectivity index (χ1v) is 5.41. The van der Waals surface area contributed by atoms with Crippen molar-refractivity contribution in [2.45, 2.75) is 6.92 Å².